The van der Waals surface area contributed by atoms with Crippen LogP contribution in [-0.2, 0) is 9.59 Å². The van der Waals surface area contributed by atoms with Gasteiger partial charge in [0.1, 0.15) is 0 Å². The number of carbonyl (C=O) groups is 2. The second kappa shape index (κ2) is 6.27. The van der Waals surface area contributed by atoms with E-state index in [1.54, 1.807) is 0 Å². The fourth-order valence-electron chi connectivity index (χ4n) is 5.23. The fourth-order valence-corrected chi connectivity index (χ4v) is 5.35. The van der Waals surface area contributed by atoms with Gasteiger partial charge in [0.2, 0.25) is 11.8 Å². The molecule has 4 nitrogen and oxygen atoms in total. The molecule has 23 heavy (non-hydrogen) atoms. The average molecular weight is 341 g/mol. The van der Waals surface area contributed by atoms with E-state index < -0.39 is 5.41 Å². The zero-order chi connectivity index (χ0) is 16.7. The summed E-state index contributed by atoms with van der Waals surface area (Å²) in [5, 5.41) is 5.94. The molecule has 0 atom stereocenters. The lowest BCUT2D eigenvalue weighted by atomic mass is 9.49. The molecule has 0 unspecified atom stereocenters. The van der Waals surface area contributed by atoms with Crippen molar-refractivity contribution in [1.29, 1.82) is 0 Å². The number of rotatable bonds is 6. The van der Waals surface area contributed by atoms with Gasteiger partial charge in [0.05, 0.1) is 5.41 Å². The van der Waals surface area contributed by atoms with Crippen molar-refractivity contribution in [2.24, 2.45) is 28.6 Å². The molecule has 0 saturated heterocycles. The summed E-state index contributed by atoms with van der Waals surface area (Å²) >= 11 is 5.80. The van der Waals surface area contributed by atoms with E-state index in [2.05, 4.69) is 10.6 Å². The Morgan fingerprint density at radius 3 is 1.96 bits per heavy atom. The van der Waals surface area contributed by atoms with E-state index in [1.807, 2.05) is 13.8 Å². The van der Waals surface area contributed by atoms with Crippen LogP contribution >= 0.6 is 11.6 Å². The summed E-state index contributed by atoms with van der Waals surface area (Å²) in [7, 11) is 0. The zero-order valence-corrected chi connectivity index (χ0v) is 15.0. The van der Waals surface area contributed by atoms with Gasteiger partial charge < -0.3 is 10.6 Å². The molecule has 0 spiro atoms. The first-order valence-electron chi connectivity index (χ1n) is 8.97. The minimum atomic E-state index is -0.564. The molecule has 0 radical (unpaired) electrons. The van der Waals surface area contributed by atoms with Gasteiger partial charge in [0, 0.05) is 24.4 Å². The predicted molar refractivity (Wildman–Crippen MR) is 91.1 cm³/mol. The molecule has 4 fully saturated rings. The molecule has 0 aromatic rings. The average Bonchev–Trinajstić information content (AvgIpc) is 2.49. The van der Waals surface area contributed by atoms with Crippen LogP contribution in [0.3, 0.4) is 0 Å². The fraction of sp³-hybridized carbons (Fsp3) is 0.889. The molecule has 4 rings (SSSR count). The first kappa shape index (κ1) is 17.1. The number of alkyl halides is 1. The molecule has 2 N–H and O–H groups in total. The summed E-state index contributed by atoms with van der Waals surface area (Å²) in [6.45, 7) is 4.62. The minimum absolute atomic E-state index is 0.0587. The van der Waals surface area contributed by atoms with Gasteiger partial charge in [0.15, 0.2) is 0 Å². The lowest BCUT2D eigenvalue weighted by molar-refractivity contribution is -0.146. The van der Waals surface area contributed by atoms with Crippen molar-refractivity contribution in [2.75, 3.05) is 19.0 Å². The molecule has 0 aromatic carbocycles. The molecule has 0 heterocycles. The topological polar surface area (TPSA) is 58.2 Å². The van der Waals surface area contributed by atoms with Gasteiger partial charge in [0.25, 0.3) is 0 Å². The number of amides is 2. The van der Waals surface area contributed by atoms with Crippen LogP contribution in [0.2, 0.25) is 0 Å². The number of carbonyl (C=O) groups excluding carboxylic acids is 2. The van der Waals surface area contributed by atoms with Crippen molar-refractivity contribution in [3.63, 3.8) is 0 Å². The number of hydrogen-bond acceptors (Lipinski definition) is 2. The molecule has 4 aliphatic carbocycles. The van der Waals surface area contributed by atoms with Crippen molar-refractivity contribution in [1.82, 2.24) is 10.6 Å². The Morgan fingerprint density at radius 1 is 1.00 bits per heavy atom. The van der Waals surface area contributed by atoms with Crippen LogP contribution in [0.5, 0.6) is 0 Å². The second-order valence-corrected chi connectivity index (χ2v) is 8.99. The van der Waals surface area contributed by atoms with Gasteiger partial charge in [-0.25, -0.2) is 0 Å². The third-order valence-corrected chi connectivity index (χ3v) is 6.83. The van der Waals surface area contributed by atoms with Crippen molar-refractivity contribution in [3.8, 4) is 0 Å². The van der Waals surface area contributed by atoms with Crippen molar-refractivity contribution < 1.29 is 9.59 Å². The third-order valence-electron chi connectivity index (χ3n) is 6.16. The van der Waals surface area contributed by atoms with E-state index in [0.717, 1.165) is 37.0 Å². The normalized spacial score (nSPS) is 35.2. The molecule has 0 aromatic heterocycles. The molecule has 2 amide bonds. The summed E-state index contributed by atoms with van der Waals surface area (Å²) in [5.41, 5.74) is -0.667. The van der Waals surface area contributed by atoms with Gasteiger partial charge in [-0.2, -0.15) is 0 Å². The first-order chi connectivity index (χ1) is 10.8. The van der Waals surface area contributed by atoms with Crippen LogP contribution in [0, 0.1) is 28.6 Å². The monoisotopic (exact) mass is 340 g/mol. The Balaban J connectivity index is 1.46. The van der Waals surface area contributed by atoms with Crippen molar-refractivity contribution in [2.45, 2.75) is 52.4 Å². The van der Waals surface area contributed by atoms with Crippen LogP contribution in [-0.4, -0.2) is 30.8 Å². The number of hydrogen-bond donors (Lipinski definition) is 2. The zero-order valence-electron chi connectivity index (χ0n) is 14.3. The largest absolute Gasteiger partial charge is 0.354 e. The maximum Gasteiger partial charge on any atom is 0.226 e. The van der Waals surface area contributed by atoms with Crippen LogP contribution in [0.15, 0.2) is 0 Å². The van der Waals surface area contributed by atoms with E-state index in [1.165, 1.54) is 19.3 Å². The van der Waals surface area contributed by atoms with E-state index in [-0.39, 0.29) is 17.2 Å². The summed E-state index contributed by atoms with van der Waals surface area (Å²) < 4.78 is 0. The molecule has 4 bridgehead atoms. The van der Waals surface area contributed by atoms with Gasteiger partial charge in [-0.1, -0.05) is 0 Å². The van der Waals surface area contributed by atoms with Crippen LogP contribution in [0.4, 0.5) is 0 Å². The highest BCUT2D eigenvalue weighted by molar-refractivity contribution is 6.19. The highest BCUT2D eigenvalue weighted by atomic mass is 35.5. The predicted octanol–water partition coefficient (Wildman–Crippen LogP) is 2.70. The molecule has 5 heteroatoms. The van der Waals surface area contributed by atoms with Crippen LogP contribution in [0.25, 0.3) is 0 Å². The highest BCUT2D eigenvalue weighted by Crippen LogP contribution is 2.60. The Labute approximate surface area is 144 Å². The van der Waals surface area contributed by atoms with E-state index in [4.69, 9.17) is 11.6 Å². The van der Waals surface area contributed by atoms with E-state index in [9.17, 15) is 9.59 Å². The quantitative estimate of drug-likeness (QED) is 0.577. The summed E-state index contributed by atoms with van der Waals surface area (Å²) in [6, 6.07) is 0. The Morgan fingerprint density at radius 2 is 1.48 bits per heavy atom. The third kappa shape index (κ3) is 3.38. The lowest BCUT2D eigenvalue weighted by Gasteiger charge is -2.55. The number of nitrogens with one attached hydrogen (secondary N) is 2. The van der Waals surface area contributed by atoms with E-state index in [0.29, 0.717) is 19.0 Å². The van der Waals surface area contributed by atoms with Crippen molar-refractivity contribution in [3.05, 3.63) is 0 Å². The van der Waals surface area contributed by atoms with Crippen LogP contribution in [0.1, 0.15) is 52.4 Å². The van der Waals surface area contributed by atoms with Gasteiger partial charge >= 0.3 is 0 Å². The van der Waals surface area contributed by atoms with Crippen molar-refractivity contribution >= 4 is 23.4 Å². The Kier molecular flexibility index (Phi) is 4.65. The molecule has 4 aliphatic rings. The first-order valence-corrected chi connectivity index (χ1v) is 9.51. The van der Waals surface area contributed by atoms with E-state index >= 15 is 0 Å². The molecule has 4 saturated carbocycles. The Hall–Kier alpha value is -0.770. The maximum atomic E-state index is 12.7. The van der Waals surface area contributed by atoms with Gasteiger partial charge in [-0.05, 0) is 70.1 Å². The van der Waals surface area contributed by atoms with Gasteiger partial charge in [-0.15, -0.1) is 11.6 Å². The number of halogens is 1. The Bertz CT molecular complexity index is 454. The van der Waals surface area contributed by atoms with Gasteiger partial charge in [-0.3, -0.25) is 9.59 Å². The molecule has 0 aliphatic heterocycles. The SMILES string of the molecule is CC(C)(CCl)C(=O)NCCNC(=O)C12CC3CC(CC(C3)C1)C2. The summed E-state index contributed by atoms with van der Waals surface area (Å²) in [6.07, 6.45) is 7.27. The second-order valence-electron chi connectivity index (χ2n) is 8.73. The molecular weight excluding hydrogens is 312 g/mol. The maximum absolute atomic E-state index is 12.7. The molecule has 130 valence electrons. The van der Waals surface area contributed by atoms with Crippen LogP contribution < -0.4 is 10.6 Å². The minimum Gasteiger partial charge on any atom is -0.354 e. The lowest BCUT2D eigenvalue weighted by Crippen LogP contribution is -2.54. The standard InChI is InChI=1S/C18H29ClN2O2/c1-17(2,11-19)15(22)20-3-4-21-16(23)18-8-12-5-13(9-18)7-14(6-12)10-18/h12-14H,3-11H2,1-2H3,(H,20,22)(H,21,23). The highest BCUT2D eigenvalue weighted by Gasteiger charge is 2.54. The molecular formula is C18H29ClN2O2. The summed E-state index contributed by atoms with van der Waals surface area (Å²) in [5.74, 6) is 2.78. The summed E-state index contributed by atoms with van der Waals surface area (Å²) in [4.78, 5) is 24.7. The smallest absolute Gasteiger partial charge is 0.226 e.